The summed E-state index contributed by atoms with van der Waals surface area (Å²) in [4.78, 5) is 24.2. The predicted molar refractivity (Wildman–Crippen MR) is 81.2 cm³/mol. The summed E-state index contributed by atoms with van der Waals surface area (Å²) in [6.45, 7) is 5.06. The molecule has 0 atom stereocenters. The van der Waals surface area contributed by atoms with Crippen LogP contribution < -0.4 is 10.5 Å². The molecular formula is C17H15NO3. The summed E-state index contributed by atoms with van der Waals surface area (Å²) in [6.07, 6.45) is 0. The highest BCUT2D eigenvalue weighted by molar-refractivity contribution is 6.13. The van der Waals surface area contributed by atoms with Crippen molar-refractivity contribution in [2.24, 2.45) is 0 Å². The second-order valence-electron chi connectivity index (χ2n) is 4.58. The highest BCUT2D eigenvalue weighted by Gasteiger charge is 2.18. The summed E-state index contributed by atoms with van der Waals surface area (Å²) in [5.41, 5.74) is 7.11. The number of benzene rings is 2. The van der Waals surface area contributed by atoms with Crippen LogP contribution in [0.25, 0.3) is 0 Å². The van der Waals surface area contributed by atoms with E-state index in [1.807, 2.05) is 0 Å². The zero-order valence-corrected chi connectivity index (χ0v) is 11.6. The largest absolute Gasteiger partial charge is 0.422 e. The van der Waals surface area contributed by atoms with Crippen molar-refractivity contribution in [1.29, 1.82) is 0 Å². The molecule has 0 saturated heterocycles. The molecule has 2 N–H and O–H groups in total. The van der Waals surface area contributed by atoms with Crippen LogP contribution in [0.4, 0.5) is 5.69 Å². The van der Waals surface area contributed by atoms with E-state index in [9.17, 15) is 9.59 Å². The van der Waals surface area contributed by atoms with Gasteiger partial charge >= 0.3 is 5.97 Å². The minimum atomic E-state index is -0.573. The highest BCUT2D eigenvalue weighted by atomic mass is 16.5. The number of anilines is 1. The first-order chi connectivity index (χ1) is 10.0. The molecule has 2 rings (SSSR count). The molecule has 0 radical (unpaired) electrons. The van der Waals surface area contributed by atoms with Crippen molar-refractivity contribution in [3.8, 4) is 5.75 Å². The molecule has 0 fully saturated rings. The Balaban J connectivity index is 2.41. The SMILES string of the molecule is C=C(C)C(=O)Oc1ccccc1C(=O)c1ccccc1N. The minimum Gasteiger partial charge on any atom is -0.422 e. The fraction of sp³-hybridized carbons (Fsp3) is 0.0588. The molecule has 0 aliphatic rings. The van der Waals surface area contributed by atoms with Crippen LogP contribution in [-0.4, -0.2) is 11.8 Å². The smallest absolute Gasteiger partial charge is 0.338 e. The number of esters is 1. The molecule has 2 aromatic carbocycles. The van der Waals surface area contributed by atoms with Crippen molar-refractivity contribution in [3.63, 3.8) is 0 Å². The Kier molecular flexibility index (Phi) is 4.18. The molecule has 0 aliphatic heterocycles. The van der Waals surface area contributed by atoms with E-state index in [2.05, 4.69) is 6.58 Å². The number of nitrogen functional groups attached to an aromatic ring is 1. The molecule has 0 amide bonds. The zero-order valence-electron chi connectivity index (χ0n) is 11.6. The Morgan fingerprint density at radius 2 is 1.57 bits per heavy atom. The first-order valence-corrected chi connectivity index (χ1v) is 6.36. The molecule has 106 valence electrons. The van der Waals surface area contributed by atoms with E-state index in [4.69, 9.17) is 10.5 Å². The predicted octanol–water partition coefficient (Wildman–Crippen LogP) is 2.98. The molecule has 21 heavy (non-hydrogen) atoms. The molecule has 4 heteroatoms. The summed E-state index contributed by atoms with van der Waals surface area (Å²) >= 11 is 0. The standard InChI is InChI=1S/C17H15NO3/c1-11(2)17(20)21-15-10-6-4-8-13(15)16(19)12-7-3-5-9-14(12)18/h3-10H,1,18H2,2H3. The number of rotatable bonds is 4. The maximum Gasteiger partial charge on any atom is 0.338 e. The van der Waals surface area contributed by atoms with Gasteiger partial charge in [-0.2, -0.15) is 0 Å². The third kappa shape index (κ3) is 3.17. The van der Waals surface area contributed by atoms with Crippen LogP contribution in [0.1, 0.15) is 22.8 Å². The fourth-order valence-corrected chi connectivity index (χ4v) is 1.78. The monoisotopic (exact) mass is 281 g/mol. The fourth-order valence-electron chi connectivity index (χ4n) is 1.78. The molecule has 0 aromatic heterocycles. The molecule has 4 nitrogen and oxygen atoms in total. The first-order valence-electron chi connectivity index (χ1n) is 6.36. The number of carbonyl (C=O) groups is 2. The van der Waals surface area contributed by atoms with E-state index in [0.29, 0.717) is 11.3 Å². The van der Waals surface area contributed by atoms with Gasteiger partial charge in [-0.1, -0.05) is 30.8 Å². The van der Waals surface area contributed by atoms with Crippen molar-refractivity contribution in [2.45, 2.75) is 6.92 Å². The molecule has 0 bridgehead atoms. The Labute approximate surface area is 122 Å². The van der Waals surface area contributed by atoms with Crippen molar-refractivity contribution < 1.29 is 14.3 Å². The van der Waals surface area contributed by atoms with Gasteiger partial charge in [-0.25, -0.2) is 4.79 Å². The van der Waals surface area contributed by atoms with E-state index < -0.39 is 5.97 Å². The number of carbonyl (C=O) groups excluding carboxylic acids is 2. The van der Waals surface area contributed by atoms with Crippen molar-refractivity contribution in [3.05, 3.63) is 71.8 Å². The van der Waals surface area contributed by atoms with Crippen molar-refractivity contribution in [2.75, 3.05) is 5.73 Å². The Morgan fingerprint density at radius 1 is 1.00 bits per heavy atom. The highest BCUT2D eigenvalue weighted by Crippen LogP contribution is 2.24. The molecular weight excluding hydrogens is 266 g/mol. The van der Waals surface area contributed by atoms with Crippen LogP contribution in [0.5, 0.6) is 5.75 Å². The number of hydrogen-bond donors (Lipinski definition) is 1. The average Bonchev–Trinajstić information content (AvgIpc) is 2.47. The van der Waals surface area contributed by atoms with Gasteiger partial charge < -0.3 is 10.5 Å². The molecule has 0 saturated carbocycles. The van der Waals surface area contributed by atoms with E-state index in [1.54, 1.807) is 55.5 Å². The van der Waals surface area contributed by atoms with Crippen LogP contribution in [0.2, 0.25) is 0 Å². The van der Waals surface area contributed by atoms with Crippen LogP contribution in [0.15, 0.2) is 60.7 Å². The third-order valence-corrected chi connectivity index (χ3v) is 2.89. The van der Waals surface area contributed by atoms with Gasteiger partial charge in [-0.05, 0) is 31.2 Å². The van der Waals surface area contributed by atoms with Gasteiger partial charge in [0.1, 0.15) is 5.75 Å². The Hall–Kier alpha value is -2.88. The molecule has 2 aromatic rings. The van der Waals surface area contributed by atoms with E-state index in [-0.39, 0.29) is 22.7 Å². The zero-order chi connectivity index (χ0) is 15.4. The van der Waals surface area contributed by atoms with Gasteiger partial charge in [-0.3, -0.25) is 4.79 Å². The topological polar surface area (TPSA) is 69.4 Å². The van der Waals surface area contributed by atoms with Gasteiger partial charge in [0.15, 0.2) is 5.78 Å². The molecule has 0 aliphatic carbocycles. The Morgan fingerprint density at radius 3 is 2.19 bits per heavy atom. The second-order valence-corrected chi connectivity index (χ2v) is 4.58. The lowest BCUT2D eigenvalue weighted by Crippen LogP contribution is -2.12. The average molecular weight is 281 g/mol. The Bertz CT molecular complexity index is 719. The van der Waals surface area contributed by atoms with E-state index >= 15 is 0 Å². The van der Waals surface area contributed by atoms with Crippen LogP contribution in [0.3, 0.4) is 0 Å². The van der Waals surface area contributed by atoms with Gasteiger partial charge in [0.05, 0.1) is 5.56 Å². The first kappa shape index (κ1) is 14.5. The quantitative estimate of drug-likeness (QED) is 0.307. The van der Waals surface area contributed by atoms with E-state index in [0.717, 1.165) is 0 Å². The normalized spacial score (nSPS) is 9.95. The lowest BCUT2D eigenvalue weighted by molar-refractivity contribution is -0.130. The van der Waals surface area contributed by atoms with Crippen LogP contribution >= 0.6 is 0 Å². The molecule has 0 heterocycles. The lowest BCUT2D eigenvalue weighted by atomic mass is 10.0. The number of ketones is 1. The van der Waals surface area contributed by atoms with Crippen LogP contribution in [-0.2, 0) is 4.79 Å². The van der Waals surface area contributed by atoms with Gasteiger partial charge in [0.2, 0.25) is 0 Å². The summed E-state index contributed by atoms with van der Waals surface area (Å²) in [7, 11) is 0. The number of ether oxygens (including phenoxy) is 1. The van der Waals surface area contributed by atoms with Crippen LogP contribution in [0, 0.1) is 0 Å². The molecule has 0 unspecified atom stereocenters. The third-order valence-electron chi connectivity index (χ3n) is 2.89. The summed E-state index contributed by atoms with van der Waals surface area (Å²) in [5.74, 6) is -0.673. The summed E-state index contributed by atoms with van der Waals surface area (Å²) in [6, 6.07) is 13.3. The van der Waals surface area contributed by atoms with Gasteiger partial charge in [-0.15, -0.1) is 0 Å². The van der Waals surface area contributed by atoms with Crippen molar-refractivity contribution >= 4 is 17.4 Å². The van der Waals surface area contributed by atoms with Gasteiger partial charge in [0.25, 0.3) is 0 Å². The summed E-state index contributed by atoms with van der Waals surface area (Å²) in [5, 5.41) is 0. The second kappa shape index (κ2) is 6.05. The van der Waals surface area contributed by atoms with Crippen molar-refractivity contribution in [1.82, 2.24) is 0 Å². The number of hydrogen-bond acceptors (Lipinski definition) is 4. The van der Waals surface area contributed by atoms with E-state index in [1.165, 1.54) is 0 Å². The lowest BCUT2D eigenvalue weighted by Gasteiger charge is -2.10. The molecule has 0 spiro atoms. The van der Waals surface area contributed by atoms with Gasteiger partial charge in [0, 0.05) is 16.8 Å². The maximum atomic E-state index is 12.5. The minimum absolute atomic E-state index is 0.193. The summed E-state index contributed by atoms with van der Waals surface area (Å²) < 4.78 is 5.19. The maximum absolute atomic E-state index is 12.5. The number of para-hydroxylation sites is 2. The number of nitrogens with two attached hydrogens (primary N) is 1.